The predicted molar refractivity (Wildman–Crippen MR) is 80.2 cm³/mol. The minimum absolute atomic E-state index is 0.0273. The quantitative estimate of drug-likeness (QED) is 0.782. The minimum Gasteiger partial charge on any atom is -0.489 e. The van der Waals surface area contributed by atoms with E-state index in [-0.39, 0.29) is 11.9 Å². The summed E-state index contributed by atoms with van der Waals surface area (Å²) >= 11 is 4.87. The molecule has 100 valence electrons. The molecule has 0 aliphatic carbocycles. The van der Waals surface area contributed by atoms with Crippen molar-refractivity contribution >= 4 is 33.0 Å². The van der Waals surface area contributed by atoms with E-state index >= 15 is 0 Å². The van der Waals surface area contributed by atoms with Crippen molar-refractivity contribution in [3.63, 3.8) is 0 Å². The van der Waals surface area contributed by atoms with E-state index in [1.165, 1.54) is 11.3 Å². The highest BCUT2D eigenvalue weighted by atomic mass is 79.9. The molecule has 0 N–H and O–H groups in total. The Morgan fingerprint density at radius 3 is 2.68 bits per heavy atom. The Hall–Kier alpha value is -1.20. The third-order valence-electron chi connectivity index (χ3n) is 2.43. The van der Waals surface area contributed by atoms with Gasteiger partial charge in [-0.05, 0) is 54.4 Å². The van der Waals surface area contributed by atoms with Crippen LogP contribution in [0, 0.1) is 6.92 Å². The highest BCUT2D eigenvalue weighted by molar-refractivity contribution is 9.11. The number of ether oxygens (including phenoxy) is 1. The molecule has 0 fully saturated rings. The number of aromatic nitrogens is 1. The van der Waals surface area contributed by atoms with E-state index in [4.69, 9.17) is 4.74 Å². The summed E-state index contributed by atoms with van der Waals surface area (Å²) in [5.74, 6) is 0.591. The second kappa shape index (κ2) is 5.84. The maximum Gasteiger partial charge on any atom is 0.204 e. The Bertz CT molecular complexity index is 588. The van der Waals surface area contributed by atoms with Gasteiger partial charge in [-0.1, -0.05) is 0 Å². The fourth-order valence-electron chi connectivity index (χ4n) is 1.59. The first-order valence-electron chi connectivity index (χ1n) is 5.89. The average molecular weight is 340 g/mol. The lowest BCUT2D eigenvalue weighted by atomic mass is 10.1. The van der Waals surface area contributed by atoms with Crippen molar-refractivity contribution in [3.8, 4) is 5.75 Å². The molecule has 2 heterocycles. The van der Waals surface area contributed by atoms with Gasteiger partial charge in [0.25, 0.3) is 0 Å². The first kappa shape index (κ1) is 14.2. The monoisotopic (exact) mass is 339 g/mol. The van der Waals surface area contributed by atoms with E-state index in [0.29, 0.717) is 16.2 Å². The van der Waals surface area contributed by atoms with Gasteiger partial charge < -0.3 is 4.74 Å². The van der Waals surface area contributed by atoms with Crippen molar-refractivity contribution in [2.24, 2.45) is 0 Å². The second-order valence-corrected chi connectivity index (χ2v) is 6.84. The third kappa shape index (κ3) is 3.42. The van der Waals surface area contributed by atoms with Crippen molar-refractivity contribution in [3.05, 3.63) is 44.3 Å². The zero-order valence-corrected chi connectivity index (χ0v) is 13.3. The number of carbonyl (C=O) groups is 1. The predicted octanol–water partition coefficient (Wildman–Crippen LogP) is 4.23. The van der Waals surface area contributed by atoms with Crippen LogP contribution in [0.2, 0.25) is 0 Å². The smallest absolute Gasteiger partial charge is 0.204 e. The lowest BCUT2D eigenvalue weighted by molar-refractivity contribution is 0.104. The second-order valence-electron chi connectivity index (χ2n) is 4.47. The molecule has 3 nitrogen and oxygen atoms in total. The summed E-state index contributed by atoms with van der Waals surface area (Å²) in [7, 11) is 0. The summed E-state index contributed by atoms with van der Waals surface area (Å²) in [5.41, 5.74) is 1.61. The molecule has 0 atom stereocenters. The molecule has 0 aliphatic rings. The summed E-state index contributed by atoms with van der Waals surface area (Å²) in [5, 5.41) is 0. The topological polar surface area (TPSA) is 39.2 Å². The van der Waals surface area contributed by atoms with Gasteiger partial charge in [0.2, 0.25) is 5.78 Å². The molecule has 0 amide bonds. The lowest BCUT2D eigenvalue weighted by Crippen LogP contribution is -2.07. The summed E-state index contributed by atoms with van der Waals surface area (Å²) in [6, 6.07) is 3.62. The Morgan fingerprint density at radius 2 is 2.11 bits per heavy atom. The van der Waals surface area contributed by atoms with Crippen LogP contribution in [0.5, 0.6) is 5.75 Å². The number of ketones is 1. The van der Waals surface area contributed by atoms with Crippen LogP contribution in [0.1, 0.15) is 34.6 Å². The van der Waals surface area contributed by atoms with E-state index < -0.39 is 0 Å². The summed E-state index contributed by atoms with van der Waals surface area (Å²) in [4.78, 5) is 17.1. The van der Waals surface area contributed by atoms with Gasteiger partial charge in [-0.25, -0.2) is 0 Å². The molecule has 0 unspecified atom stereocenters. The molecule has 2 rings (SSSR count). The lowest BCUT2D eigenvalue weighted by Gasteiger charge is -2.09. The third-order valence-corrected chi connectivity index (χ3v) is 4.56. The average Bonchev–Trinajstić information content (AvgIpc) is 2.68. The molecule has 0 spiro atoms. The van der Waals surface area contributed by atoms with Crippen molar-refractivity contribution in [1.82, 2.24) is 4.98 Å². The SMILES string of the molecule is Cc1cc(C(=O)c2cncc(OC(C)C)c2)sc1Br. The molecule has 0 saturated carbocycles. The molecule has 0 aromatic carbocycles. The van der Waals surface area contributed by atoms with Gasteiger partial charge in [0.15, 0.2) is 0 Å². The van der Waals surface area contributed by atoms with Gasteiger partial charge in [0, 0.05) is 11.8 Å². The van der Waals surface area contributed by atoms with Crippen LogP contribution in [0.25, 0.3) is 0 Å². The molecular formula is C14H14BrNO2S. The number of pyridine rings is 1. The van der Waals surface area contributed by atoms with Crippen LogP contribution in [0.15, 0.2) is 28.3 Å². The summed E-state index contributed by atoms with van der Waals surface area (Å²) < 4.78 is 6.53. The number of hydrogen-bond donors (Lipinski definition) is 0. The van der Waals surface area contributed by atoms with E-state index in [9.17, 15) is 4.79 Å². The molecule has 0 bridgehead atoms. The Morgan fingerprint density at radius 1 is 1.37 bits per heavy atom. The number of hydrogen-bond acceptors (Lipinski definition) is 4. The van der Waals surface area contributed by atoms with Gasteiger partial charge in [0.1, 0.15) is 5.75 Å². The Labute approximate surface area is 124 Å². The van der Waals surface area contributed by atoms with Crippen LogP contribution < -0.4 is 4.74 Å². The van der Waals surface area contributed by atoms with Crippen molar-refractivity contribution in [1.29, 1.82) is 0 Å². The largest absolute Gasteiger partial charge is 0.489 e. The number of halogens is 1. The number of rotatable bonds is 4. The normalized spacial score (nSPS) is 10.8. The molecule has 0 aliphatic heterocycles. The molecule has 19 heavy (non-hydrogen) atoms. The fraction of sp³-hybridized carbons (Fsp3) is 0.286. The maximum absolute atomic E-state index is 12.3. The van der Waals surface area contributed by atoms with Gasteiger partial charge >= 0.3 is 0 Å². The number of nitrogens with zero attached hydrogens (tertiary/aromatic N) is 1. The van der Waals surface area contributed by atoms with Gasteiger partial charge in [-0.2, -0.15) is 0 Å². The van der Waals surface area contributed by atoms with E-state index in [0.717, 1.165) is 9.35 Å². The van der Waals surface area contributed by atoms with Crippen LogP contribution in [-0.2, 0) is 0 Å². The number of carbonyl (C=O) groups excluding carboxylic acids is 1. The van der Waals surface area contributed by atoms with E-state index in [1.807, 2.05) is 26.8 Å². The molecular weight excluding hydrogens is 326 g/mol. The highest BCUT2D eigenvalue weighted by Gasteiger charge is 2.14. The zero-order chi connectivity index (χ0) is 14.0. The van der Waals surface area contributed by atoms with Gasteiger partial charge in [-0.3, -0.25) is 9.78 Å². The first-order chi connectivity index (χ1) is 8.97. The Balaban J connectivity index is 2.28. The van der Waals surface area contributed by atoms with Crippen molar-refractivity contribution in [2.45, 2.75) is 26.9 Å². The maximum atomic E-state index is 12.3. The fourth-order valence-corrected chi connectivity index (χ4v) is 3.09. The van der Waals surface area contributed by atoms with Gasteiger partial charge in [-0.15, -0.1) is 11.3 Å². The molecule has 0 saturated heterocycles. The minimum atomic E-state index is -0.0273. The molecule has 2 aromatic rings. The molecule has 0 radical (unpaired) electrons. The Kier molecular flexibility index (Phi) is 4.37. The zero-order valence-electron chi connectivity index (χ0n) is 10.9. The molecule has 2 aromatic heterocycles. The first-order valence-corrected chi connectivity index (χ1v) is 7.50. The van der Waals surface area contributed by atoms with Crippen LogP contribution in [-0.4, -0.2) is 16.9 Å². The standard InChI is InChI=1S/C14H14BrNO2S/c1-8(2)18-11-5-10(6-16-7-11)13(17)12-4-9(3)14(15)19-12/h4-8H,1-3H3. The number of aryl methyl sites for hydroxylation is 1. The molecule has 5 heteroatoms. The van der Waals surface area contributed by atoms with Crippen LogP contribution >= 0.6 is 27.3 Å². The van der Waals surface area contributed by atoms with E-state index in [2.05, 4.69) is 20.9 Å². The summed E-state index contributed by atoms with van der Waals surface area (Å²) in [6.45, 7) is 5.84. The van der Waals surface area contributed by atoms with Gasteiger partial charge in [0.05, 0.1) is 21.0 Å². The van der Waals surface area contributed by atoms with Crippen molar-refractivity contribution in [2.75, 3.05) is 0 Å². The number of thiophene rings is 1. The summed E-state index contributed by atoms with van der Waals surface area (Å²) in [6.07, 6.45) is 3.25. The van der Waals surface area contributed by atoms with Crippen LogP contribution in [0.3, 0.4) is 0 Å². The van der Waals surface area contributed by atoms with E-state index in [1.54, 1.807) is 18.5 Å². The van der Waals surface area contributed by atoms with Crippen molar-refractivity contribution < 1.29 is 9.53 Å². The van der Waals surface area contributed by atoms with Crippen LogP contribution in [0.4, 0.5) is 0 Å². The highest BCUT2D eigenvalue weighted by Crippen LogP contribution is 2.29.